The Morgan fingerprint density at radius 2 is 1.38 bits per heavy atom. The number of nitrogens with zero attached hydrogens (tertiary/aromatic N) is 1. The summed E-state index contributed by atoms with van der Waals surface area (Å²) in [6.45, 7) is 6.53. The van der Waals surface area contributed by atoms with Crippen molar-refractivity contribution in [1.82, 2.24) is 4.90 Å². The minimum atomic E-state index is -0.587. The first-order valence-electron chi connectivity index (χ1n) is 11.3. The second kappa shape index (κ2) is 9.88. The number of carbonyl (C=O) groups is 1. The highest BCUT2D eigenvalue weighted by Crippen LogP contribution is 2.46. The fraction of sp³-hybridized carbons (Fsp3) is 0.321. The molecule has 0 saturated carbocycles. The molecule has 0 spiro atoms. The molecule has 0 aromatic heterocycles. The third-order valence-corrected chi connectivity index (χ3v) is 8.58. The quantitative estimate of drug-likeness (QED) is 0.469. The number of hydrogen-bond donors (Lipinski definition) is 0. The van der Waals surface area contributed by atoms with E-state index in [0.717, 1.165) is 19.4 Å². The van der Waals surface area contributed by atoms with Gasteiger partial charge in [-0.05, 0) is 57.7 Å². The molecule has 4 rings (SSSR count). The van der Waals surface area contributed by atoms with Crippen LogP contribution < -0.4 is 10.6 Å². The van der Waals surface area contributed by atoms with Crippen molar-refractivity contribution in [3.05, 3.63) is 96.6 Å². The molecule has 1 saturated heterocycles. The lowest BCUT2D eigenvalue weighted by atomic mass is 10.0. The van der Waals surface area contributed by atoms with Crippen LogP contribution in [0.3, 0.4) is 0 Å². The normalized spacial score (nSPS) is 18.7. The van der Waals surface area contributed by atoms with Crippen LogP contribution in [0.5, 0.6) is 0 Å². The van der Waals surface area contributed by atoms with Crippen molar-refractivity contribution < 1.29 is 9.53 Å². The first-order chi connectivity index (χ1) is 15.4. The van der Waals surface area contributed by atoms with Crippen LogP contribution in [0.1, 0.15) is 32.8 Å². The molecule has 1 fully saturated rings. The summed E-state index contributed by atoms with van der Waals surface area (Å²) >= 11 is 0. The van der Waals surface area contributed by atoms with Crippen molar-refractivity contribution in [3.63, 3.8) is 0 Å². The number of rotatable bonds is 5. The van der Waals surface area contributed by atoms with E-state index in [2.05, 4.69) is 84.9 Å². The lowest BCUT2D eigenvalue weighted by molar-refractivity contribution is 0.0227. The summed E-state index contributed by atoms with van der Waals surface area (Å²) in [7, 11) is -0.587. The average molecular weight is 446 g/mol. The second-order valence-electron chi connectivity index (χ2n) is 9.41. The maximum atomic E-state index is 13.2. The Labute approximate surface area is 193 Å². The molecule has 0 radical (unpaired) electrons. The van der Waals surface area contributed by atoms with Crippen LogP contribution in [-0.2, 0) is 11.2 Å². The summed E-state index contributed by atoms with van der Waals surface area (Å²) in [6.07, 6.45) is 1.63. The van der Waals surface area contributed by atoms with E-state index < -0.39 is 13.5 Å². The maximum absolute atomic E-state index is 13.2. The molecule has 32 heavy (non-hydrogen) atoms. The monoisotopic (exact) mass is 445 g/mol. The van der Waals surface area contributed by atoms with Crippen LogP contribution in [0, 0.1) is 0 Å². The van der Waals surface area contributed by atoms with E-state index in [-0.39, 0.29) is 12.1 Å². The molecule has 1 aliphatic rings. The van der Waals surface area contributed by atoms with E-state index in [1.807, 2.05) is 31.7 Å². The van der Waals surface area contributed by atoms with Gasteiger partial charge in [0.2, 0.25) is 0 Å². The van der Waals surface area contributed by atoms with Gasteiger partial charge >= 0.3 is 6.09 Å². The largest absolute Gasteiger partial charge is 0.444 e. The molecule has 3 aromatic carbocycles. The van der Waals surface area contributed by atoms with E-state index in [1.54, 1.807) is 0 Å². The van der Waals surface area contributed by atoms with Gasteiger partial charge < -0.3 is 9.64 Å². The Kier molecular flexibility index (Phi) is 6.96. The summed E-state index contributed by atoms with van der Waals surface area (Å²) in [6, 6.07) is 32.2. The lowest BCUT2D eigenvalue weighted by Gasteiger charge is -2.29. The van der Waals surface area contributed by atoms with Crippen LogP contribution in [-0.4, -0.2) is 34.8 Å². The summed E-state index contributed by atoms with van der Waals surface area (Å²) in [4.78, 5) is 15.2. The molecule has 1 amide bonds. The van der Waals surface area contributed by atoms with E-state index in [1.165, 1.54) is 16.2 Å². The van der Waals surface area contributed by atoms with Gasteiger partial charge in [-0.1, -0.05) is 91.0 Å². The topological polar surface area (TPSA) is 29.5 Å². The van der Waals surface area contributed by atoms with E-state index in [9.17, 15) is 4.79 Å². The van der Waals surface area contributed by atoms with Gasteiger partial charge in [0.25, 0.3) is 0 Å². The van der Waals surface area contributed by atoms with Crippen molar-refractivity contribution in [2.24, 2.45) is 0 Å². The highest BCUT2D eigenvalue weighted by atomic mass is 31.1. The Balaban J connectivity index is 1.66. The molecule has 4 heteroatoms. The predicted octanol–water partition coefficient (Wildman–Crippen LogP) is 5.74. The first kappa shape index (κ1) is 22.6. The van der Waals surface area contributed by atoms with Gasteiger partial charge in [0, 0.05) is 18.2 Å². The predicted molar refractivity (Wildman–Crippen MR) is 134 cm³/mol. The molecule has 1 heterocycles. The Morgan fingerprint density at radius 3 is 1.88 bits per heavy atom. The molecule has 3 aromatic rings. The molecular formula is C28H32NO2P. The molecule has 0 aliphatic carbocycles. The zero-order valence-corrected chi connectivity index (χ0v) is 20.0. The lowest BCUT2D eigenvalue weighted by Crippen LogP contribution is -2.41. The van der Waals surface area contributed by atoms with Gasteiger partial charge in [-0.25, -0.2) is 4.79 Å². The van der Waals surface area contributed by atoms with E-state index >= 15 is 0 Å². The molecule has 0 bridgehead atoms. The maximum Gasteiger partial charge on any atom is 0.410 e. The van der Waals surface area contributed by atoms with Gasteiger partial charge in [0.05, 0.1) is 0 Å². The molecule has 1 aliphatic heterocycles. The molecule has 3 nitrogen and oxygen atoms in total. The number of carbonyl (C=O) groups excluding carboxylic acids is 1. The molecule has 166 valence electrons. The second-order valence-corrected chi connectivity index (χ2v) is 11.9. The minimum absolute atomic E-state index is 0.134. The van der Waals surface area contributed by atoms with Crippen molar-refractivity contribution in [1.29, 1.82) is 0 Å². The zero-order valence-electron chi connectivity index (χ0n) is 19.1. The molecule has 0 unspecified atom stereocenters. The van der Waals surface area contributed by atoms with Crippen LogP contribution in [0.2, 0.25) is 0 Å². The molecule has 2 atom stereocenters. The van der Waals surface area contributed by atoms with Crippen LogP contribution >= 0.6 is 7.92 Å². The number of benzene rings is 3. The van der Waals surface area contributed by atoms with Gasteiger partial charge in [-0.15, -0.1) is 0 Å². The molecule has 0 N–H and O–H groups in total. The number of amides is 1. The van der Waals surface area contributed by atoms with Crippen molar-refractivity contribution in [2.75, 3.05) is 6.54 Å². The third kappa shape index (κ3) is 5.58. The highest BCUT2D eigenvalue weighted by molar-refractivity contribution is 7.73. The van der Waals surface area contributed by atoms with Gasteiger partial charge in [0.15, 0.2) is 0 Å². The Morgan fingerprint density at radius 1 is 0.875 bits per heavy atom. The smallest absolute Gasteiger partial charge is 0.410 e. The number of ether oxygens (including phenoxy) is 1. The SMILES string of the molecule is CC(C)(C)OC(=O)N1C[C@@H](P(c2ccccc2)c2ccccc2)C[C@H]1Cc1ccccc1. The summed E-state index contributed by atoms with van der Waals surface area (Å²) in [5.74, 6) is 0. The standard InChI is InChI=1S/C28H32NO2P/c1-28(2,3)31-27(30)29-21-26(20-23(29)19-22-13-7-4-8-14-22)32(24-15-9-5-10-16-24)25-17-11-6-12-18-25/h4-18,23,26H,19-21H2,1-3H3/t23-,26+/m1/s1. The van der Waals surface area contributed by atoms with E-state index in [4.69, 9.17) is 4.74 Å². The van der Waals surface area contributed by atoms with Gasteiger partial charge in [-0.2, -0.15) is 0 Å². The fourth-order valence-corrected chi connectivity index (χ4v) is 7.37. The van der Waals surface area contributed by atoms with Gasteiger partial charge in [-0.3, -0.25) is 0 Å². The summed E-state index contributed by atoms with van der Waals surface area (Å²) < 4.78 is 5.82. The summed E-state index contributed by atoms with van der Waals surface area (Å²) in [5, 5.41) is 2.73. The van der Waals surface area contributed by atoms with Crippen molar-refractivity contribution >= 4 is 24.6 Å². The van der Waals surface area contributed by atoms with Gasteiger partial charge in [0.1, 0.15) is 5.60 Å². The molecular weight excluding hydrogens is 413 g/mol. The minimum Gasteiger partial charge on any atom is -0.444 e. The first-order valence-corrected chi connectivity index (χ1v) is 12.7. The number of hydrogen-bond acceptors (Lipinski definition) is 2. The fourth-order valence-electron chi connectivity index (χ4n) is 4.45. The van der Waals surface area contributed by atoms with E-state index in [0.29, 0.717) is 5.66 Å². The van der Waals surface area contributed by atoms with Crippen LogP contribution in [0.15, 0.2) is 91.0 Å². The van der Waals surface area contributed by atoms with Crippen molar-refractivity contribution in [3.8, 4) is 0 Å². The Hall–Kier alpha value is -2.64. The number of likely N-dealkylation sites (tertiary alicyclic amines) is 1. The third-order valence-electron chi connectivity index (χ3n) is 5.77. The Bertz CT molecular complexity index is 962. The van der Waals surface area contributed by atoms with Crippen molar-refractivity contribution in [2.45, 2.75) is 50.9 Å². The highest BCUT2D eigenvalue weighted by Gasteiger charge is 2.41. The summed E-state index contributed by atoms with van der Waals surface area (Å²) in [5.41, 5.74) is 1.14. The average Bonchev–Trinajstić information content (AvgIpc) is 3.18. The van der Waals surface area contributed by atoms with Crippen LogP contribution in [0.25, 0.3) is 0 Å². The van der Waals surface area contributed by atoms with Crippen LogP contribution in [0.4, 0.5) is 4.79 Å². The zero-order chi connectivity index (χ0) is 22.6.